The minimum Gasteiger partial charge on any atom is -0.497 e. The molecule has 1 unspecified atom stereocenters. The molecule has 0 bridgehead atoms. The quantitative estimate of drug-likeness (QED) is 0.805. The molecule has 1 aromatic carbocycles. The van der Waals surface area contributed by atoms with Gasteiger partial charge in [-0.2, -0.15) is 0 Å². The van der Waals surface area contributed by atoms with E-state index in [1.807, 2.05) is 18.2 Å². The molecule has 0 radical (unpaired) electrons. The lowest BCUT2D eigenvalue weighted by molar-refractivity contribution is 0.364. The van der Waals surface area contributed by atoms with Gasteiger partial charge in [0.25, 0.3) is 0 Å². The fraction of sp³-hybridized carbons (Fsp3) is 0.600. The molecule has 0 amide bonds. The summed E-state index contributed by atoms with van der Waals surface area (Å²) in [5.74, 6) is 0.868. The molecular weight excluding hydrogens is 224 g/mol. The number of nitrogen functional groups attached to an aromatic ring is 1. The number of ether oxygens (including phenoxy) is 1. The number of nitrogens with one attached hydrogen (secondary N) is 1. The second-order valence-electron chi connectivity index (χ2n) is 6.05. The Kier molecular flexibility index (Phi) is 3.81. The molecule has 18 heavy (non-hydrogen) atoms. The van der Waals surface area contributed by atoms with E-state index in [9.17, 15) is 0 Å². The van der Waals surface area contributed by atoms with Gasteiger partial charge in [-0.3, -0.25) is 0 Å². The lowest BCUT2D eigenvalue weighted by atomic mass is 9.92. The molecule has 1 fully saturated rings. The van der Waals surface area contributed by atoms with Gasteiger partial charge in [0.2, 0.25) is 0 Å². The fourth-order valence-corrected chi connectivity index (χ4v) is 2.73. The molecule has 3 nitrogen and oxygen atoms in total. The molecule has 1 aliphatic carbocycles. The zero-order valence-electron chi connectivity index (χ0n) is 11.6. The lowest BCUT2D eigenvalue weighted by Gasteiger charge is -2.18. The van der Waals surface area contributed by atoms with Gasteiger partial charge >= 0.3 is 0 Å². The van der Waals surface area contributed by atoms with E-state index in [1.165, 1.54) is 19.3 Å². The number of hydrogen-bond acceptors (Lipinski definition) is 3. The van der Waals surface area contributed by atoms with Crippen molar-refractivity contribution in [1.29, 1.82) is 0 Å². The predicted molar refractivity (Wildman–Crippen MR) is 75.7 cm³/mol. The molecule has 1 aromatic rings. The van der Waals surface area contributed by atoms with Gasteiger partial charge in [-0.1, -0.05) is 13.8 Å². The summed E-state index contributed by atoms with van der Waals surface area (Å²) in [6.45, 7) is 5.51. The van der Waals surface area contributed by atoms with E-state index in [2.05, 4.69) is 19.2 Å². The Bertz CT molecular complexity index is 415. The van der Waals surface area contributed by atoms with Crippen LogP contribution in [-0.2, 0) is 6.54 Å². The van der Waals surface area contributed by atoms with Crippen LogP contribution in [0, 0.1) is 5.41 Å². The summed E-state index contributed by atoms with van der Waals surface area (Å²) in [5.41, 5.74) is 8.43. The van der Waals surface area contributed by atoms with E-state index in [1.54, 1.807) is 7.11 Å². The van der Waals surface area contributed by atoms with Crippen molar-refractivity contribution in [3.05, 3.63) is 23.8 Å². The zero-order valence-corrected chi connectivity index (χ0v) is 11.6. The van der Waals surface area contributed by atoms with Crippen molar-refractivity contribution in [3.8, 4) is 5.75 Å². The maximum Gasteiger partial charge on any atom is 0.119 e. The third-order valence-electron chi connectivity index (χ3n) is 3.90. The van der Waals surface area contributed by atoms with E-state index >= 15 is 0 Å². The summed E-state index contributed by atoms with van der Waals surface area (Å²) in [7, 11) is 1.68. The first kappa shape index (κ1) is 13.2. The van der Waals surface area contributed by atoms with Crippen LogP contribution < -0.4 is 15.8 Å². The Morgan fingerprint density at radius 2 is 2.22 bits per heavy atom. The largest absolute Gasteiger partial charge is 0.497 e. The van der Waals surface area contributed by atoms with E-state index < -0.39 is 0 Å². The number of nitrogens with two attached hydrogens (primary N) is 1. The Morgan fingerprint density at radius 3 is 2.83 bits per heavy atom. The van der Waals surface area contributed by atoms with Crippen LogP contribution in [0.2, 0.25) is 0 Å². The van der Waals surface area contributed by atoms with Crippen LogP contribution in [0.3, 0.4) is 0 Å². The normalized spacial score (nSPS) is 22.1. The highest BCUT2D eigenvalue weighted by atomic mass is 16.5. The summed E-state index contributed by atoms with van der Waals surface area (Å²) in [6, 6.07) is 6.44. The summed E-state index contributed by atoms with van der Waals surface area (Å²) in [5, 5.41) is 3.61. The summed E-state index contributed by atoms with van der Waals surface area (Å²) in [4.78, 5) is 0. The third kappa shape index (κ3) is 3.16. The van der Waals surface area contributed by atoms with Crippen LogP contribution in [0.5, 0.6) is 5.75 Å². The number of benzene rings is 1. The molecule has 3 heteroatoms. The smallest absolute Gasteiger partial charge is 0.119 e. The molecule has 0 heterocycles. The van der Waals surface area contributed by atoms with Gasteiger partial charge in [0.15, 0.2) is 0 Å². The first-order valence-corrected chi connectivity index (χ1v) is 6.66. The van der Waals surface area contributed by atoms with Crippen molar-refractivity contribution in [2.75, 3.05) is 12.8 Å². The summed E-state index contributed by atoms with van der Waals surface area (Å²) >= 11 is 0. The first-order chi connectivity index (χ1) is 8.50. The molecule has 0 spiro atoms. The Hall–Kier alpha value is -1.22. The fourth-order valence-electron chi connectivity index (χ4n) is 2.73. The molecule has 3 N–H and O–H groups in total. The highest BCUT2D eigenvalue weighted by Crippen LogP contribution is 2.37. The van der Waals surface area contributed by atoms with Crippen LogP contribution >= 0.6 is 0 Å². The highest BCUT2D eigenvalue weighted by molar-refractivity contribution is 5.50. The van der Waals surface area contributed by atoms with Crippen LogP contribution in [0.15, 0.2) is 18.2 Å². The van der Waals surface area contributed by atoms with Gasteiger partial charge in [0, 0.05) is 18.3 Å². The summed E-state index contributed by atoms with van der Waals surface area (Å²) in [6.07, 6.45) is 3.81. The van der Waals surface area contributed by atoms with Crippen molar-refractivity contribution < 1.29 is 4.74 Å². The average molecular weight is 248 g/mol. The summed E-state index contributed by atoms with van der Waals surface area (Å²) < 4.78 is 5.23. The average Bonchev–Trinajstić information content (AvgIpc) is 2.68. The van der Waals surface area contributed by atoms with Gasteiger partial charge in [-0.25, -0.2) is 0 Å². The van der Waals surface area contributed by atoms with E-state index in [4.69, 9.17) is 10.5 Å². The van der Waals surface area contributed by atoms with E-state index in [0.717, 1.165) is 23.5 Å². The standard InChI is InChI=1S/C15H24N2O/c1-15(2)7-6-12(9-15)17-10-11-8-13(18-3)4-5-14(11)16/h4-5,8,12,17H,6-7,9-10,16H2,1-3H3. The molecule has 1 saturated carbocycles. The molecule has 0 aromatic heterocycles. The van der Waals surface area contributed by atoms with E-state index in [0.29, 0.717) is 11.5 Å². The number of anilines is 1. The van der Waals surface area contributed by atoms with Crippen LogP contribution in [-0.4, -0.2) is 13.2 Å². The van der Waals surface area contributed by atoms with Crippen molar-refractivity contribution >= 4 is 5.69 Å². The second kappa shape index (κ2) is 5.19. The Labute approximate surface area is 110 Å². The molecule has 0 saturated heterocycles. The molecule has 100 valence electrons. The zero-order chi connectivity index (χ0) is 13.2. The number of hydrogen-bond donors (Lipinski definition) is 2. The second-order valence-corrected chi connectivity index (χ2v) is 6.05. The lowest BCUT2D eigenvalue weighted by Crippen LogP contribution is -2.27. The maximum atomic E-state index is 5.99. The topological polar surface area (TPSA) is 47.3 Å². The minimum absolute atomic E-state index is 0.484. The molecule has 1 atom stereocenters. The molecular formula is C15H24N2O. The van der Waals surface area contributed by atoms with Crippen molar-refractivity contribution in [2.24, 2.45) is 5.41 Å². The molecule has 0 aliphatic heterocycles. The molecule has 1 aliphatic rings. The number of rotatable bonds is 4. The Morgan fingerprint density at radius 1 is 1.44 bits per heavy atom. The van der Waals surface area contributed by atoms with Gasteiger partial charge in [0.05, 0.1) is 7.11 Å². The monoisotopic (exact) mass is 248 g/mol. The van der Waals surface area contributed by atoms with Gasteiger partial charge in [-0.15, -0.1) is 0 Å². The predicted octanol–water partition coefficient (Wildman–Crippen LogP) is 2.95. The highest BCUT2D eigenvalue weighted by Gasteiger charge is 2.30. The maximum absolute atomic E-state index is 5.99. The van der Waals surface area contributed by atoms with Crippen molar-refractivity contribution in [3.63, 3.8) is 0 Å². The third-order valence-corrected chi connectivity index (χ3v) is 3.90. The SMILES string of the molecule is COc1ccc(N)c(CNC2CCC(C)(C)C2)c1. The van der Waals surface area contributed by atoms with Crippen LogP contribution in [0.4, 0.5) is 5.69 Å². The van der Waals surface area contributed by atoms with E-state index in [-0.39, 0.29) is 0 Å². The number of methoxy groups -OCH3 is 1. The molecule has 2 rings (SSSR count). The van der Waals surface area contributed by atoms with Gasteiger partial charge in [-0.05, 0) is 48.4 Å². The van der Waals surface area contributed by atoms with Crippen LogP contribution in [0.25, 0.3) is 0 Å². The van der Waals surface area contributed by atoms with Crippen molar-refractivity contribution in [1.82, 2.24) is 5.32 Å². The van der Waals surface area contributed by atoms with Gasteiger partial charge < -0.3 is 15.8 Å². The van der Waals surface area contributed by atoms with Gasteiger partial charge in [0.1, 0.15) is 5.75 Å². The van der Waals surface area contributed by atoms with Crippen molar-refractivity contribution in [2.45, 2.75) is 45.7 Å². The first-order valence-electron chi connectivity index (χ1n) is 6.66. The Balaban J connectivity index is 1.94. The van der Waals surface area contributed by atoms with Crippen LogP contribution in [0.1, 0.15) is 38.7 Å². The minimum atomic E-state index is 0.484.